The molecule has 1 N–H and O–H groups in total. The lowest BCUT2D eigenvalue weighted by Crippen LogP contribution is -2.68. The Bertz CT molecular complexity index is 900. The average molecular weight is 518 g/mol. The van der Waals surface area contributed by atoms with E-state index in [0.717, 1.165) is 37.0 Å². The van der Waals surface area contributed by atoms with Gasteiger partial charge in [-0.2, -0.15) is 0 Å². The average Bonchev–Trinajstić information content (AvgIpc) is 3.15. The first kappa shape index (κ1) is 28.4. The Morgan fingerprint density at radius 1 is 1.00 bits per heavy atom. The summed E-state index contributed by atoms with van der Waals surface area (Å²) in [4.78, 5) is 24.3. The molecule has 0 bridgehead atoms. The number of ether oxygens (including phenoxy) is 2. The smallest absolute Gasteiger partial charge is 0.303 e. The topological polar surface area (TPSA) is 85.2 Å². The second kappa shape index (κ2) is 10.5. The van der Waals surface area contributed by atoms with Crippen LogP contribution in [0.4, 0.5) is 0 Å². The molecule has 4 rings (SSSR count). The number of hydrogen-bond acceptors (Lipinski definition) is 6. The summed E-state index contributed by atoms with van der Waals surface area (Å²) >= 11 is 0. The molecule has 0 radical (unpaired) electrons. The quantitative estimate of drug-likeness (QED) is 0.220. The summed E-state index contributed by atoms with van der Waals surface area (Å²) < 4.78 is 11.8. The summed E-state index contributed by atoms with van der Waals surface area (Å²) in [7, 11) is 0. The zero-order chi connectivity index (χ0) is 27.2. The van der Waals surface area contributed by atoms with Crippen LogP contribution in [-0.2, 0) is 19.1 Å². The molecule has 210 valence electrons. The minimum Gasteiger partial charge on any atom is -0.462 e. The van der Waals surface area contributed by atoms with E-state index in [9.17, 15) is 14.8 Å². The molecular formula is C31H51NO5. The van der Waals surface area contributed by atoms with E-state index >= 15 is 0 Å². The van der Waals surface area contributed by atoms with Crippen molar-refractivity contribution >= 4 is 17.7 Å². The number of carbonyl (C=O) groups excluding carboxylic acids is 2. The van der Waals surface area contributed by atoms with E-state index in [-0.39, 0.29) is 23.5 Å². The lowest BCUT2D eigenvalue weighted by Gasteiger charge is -2.64. The zero-order valence-electron chi connectivity index (χ0n) is 24.3. The van der Waals surface area contributed by atoms with Gasteiger partial charge in [0.15, 0.2) is 5.60 Å². The number of rotatable bonds is 7. The van der Waals surface area contributed by atoms with E-state index in [0.29, 0.717) is 41.7 Å². The van der Waals surface area contributed by atoms with Gasteiger partial charge in [-0.15, -0.1) is 0 Å². The minimum absolute atomic E-state index is 0.311. The largest absolute Gasteiger partial charge is 0.462 e. The third kappa shape index (κ3) is 4.84. The molecule has 6 nitrogen and oxygen atoms in total. The predicted molar refractivity (Wildman–Crippen MR) is 144 cm³/mol. The van der Waals surface area contributed by atoms with Gasteiger partial charge in [0.25, 0.3) is 0 Å². The molecule has 0 heterocycles. The summed E-state index contributed by atoms with van der Waals surface area (Å²) in [6, 6.07) is 0. The zero-order valence-corrected chi connectivity index (χ0v) is 24.3. The van der Waals surface area contributed by atoms with Crippen molar-refractivity contribution in [3.8, 4) is 0 Å². The molecule has 6 heteroatoms. The van der Waals surface area contributed by atoms with E-state index in [1.165, 1.54) is 52.4 Å². The molecule has 9 atom stereocenters. The SMILES string of the molecule is CC(=O)O[C@@H]1CC[C@]2(C)[C@H]3CC[C@]4(C)[C@@H]([C@@H](C)CCCC(C)C)CC[C@H]4[C@@H]3C/C(=N\O)[C@@]2(OC(C)=O)C1. The van der Waals surface area contributed by atoms with Gasteiger partial charge >= 0.3 is 11.9 Å². The first-order valence-electron chi connectivity index (χ1n) is 15.0. The maximum Gasteiger partial charge on any atom is 0.303 e. The first-order chi connectivity index (χ1) is 17.4. The molecule has 0 aromatic carbocycles. The van der Waals surface area contributed by atoms with Crippen molar-refractivity contribution < 1.29 is 24.3 Å². The number of esters is 2. The van der Waals surface area contributed by atoms with Crippen LogP contribution in [0.25, 0.3) is 0 Å². The monoisotopic (exact) mass is 517 g/mol. The number of oxime groups is 1. The van der Waals surface area contributed by atoms with Crippen LogP contribution in [0.2, 0.25) is 0 Å². The normalized spacial score (nSPS) is 43.0. The number of carbonyl (C=O) groups is 2. The molecule has 0 unspecified atom stereocenters. The fourth-order valence-electron chi connectivity index (χ4n) is 9.95. The van der Waals surface area contributed by atoms with E-state index in [4.69, 9.17) is 9.47 Å². The highest BCUT2D eigenvalue weighted by Crippen LogP contribution is 2.69. The van der Waals surface area contributed by atoms with Crippen molar-refractivity contribution in [2.45, 2.75) is 131 Å². The van der Waals surface area contributed by atoms with Crippen molar-refractivity contribution in [1.82, 2.24) is 0 Å². The summed E-state index contributed by atoms with van der Waals surface area (Å²) in [5.41, 5.74) is -0.474. The van der Waals surface area contributed by atoms with E-state index in [1.54, 1.807) is 0 Å². The molecule has 4 saturated carbocycles. The summed E-state index contributed by atoms with van der Waals surface area (Å²) in [5, 5.41) is 14.2. The van der Waals surface area contributed by atoms with Crippen LogP contribution in [0, 0.1) is 46.3 Å². The third-order valence-corrected chi connectivity index (χ3v) is 11.5. The molecule has 4 aliphatic rings. The fourth-order valence-corrected chi connectivity index (χ4v) is 9.95. The highest BCUT2D eigenvalue weighted by Gasteiger charge is 2.69. The molecular weight excluding hydrogens is 466 g/mol. The first-order valence-corrected chi connectivity index (χ1v) is 15.0. The maximum absolute atomic E-state index is 12.5. The number of fused-ring (bicyclic) bond motifs is 5. The summed E-state index contributed by atoms with van der Waals surface area (Å²) in [5.74, 6) is 2.96. The van der Waals surface area contributed by atoms with E-state index < -0.39 is 5.60 Å². The van der Waals surface area contributed by atoms with Crippen molar-refractivity contribution in [1.29, 1.82) is 0 Å². The number of hydrogen-bond donors (Lipinski definition) is 1. The van der Waals surface area contributed by atoms with Crippen LogP contribution < -0.4 is 0 Å². The van der Waals surface area contributed by atoms with Crippen LogP contribution in [0.3, 0.4) is 0 Å². The summed E-state index contributed by atoms with van der Waals surface area (Å²) in [6.45, 7) is 14.8. The Kier molecular flexibility index (Phi) is 8.08. The molecule has 0 amide bonds. The minimum atomic E-state index is -1.02. The highest BCUT2D eigenvalue weighted by molar-refractivity contribution is 5.96. The van der Waals surface area contributed by atoms with Gasteiger partial charge in [0.2, 0.25) is 0 Å². The molecule has 0 aliphatic heterocycles. The standard InChI is InChI=1S/C31H51NO5/c1-19(2)9-8-10-20(3)25-11-12-26-24-17-28(32-35)31(37-22(5)34)18-23(36-21(4)33)13-16-30(31,7)27(24)14-15-29(25,26)6/h19-20,23-27,35H,8-18H2,1-7H3/b32-28+/t20-,23+,24-,25+,26-,27-,29+,30+,31-/m0/s1. The fraction of sp³-hybridized carbons (Fsp3) is 0.903. The molecule has 4 fully saturated rings. The van der Waals surface area contributed by atoms with Gasteiger partial charge in [-0.3, -0.25) is 9.59 Å². The van der Waals surface area contributed by atoms with E-state index in [2.05, 4.69) is 39.8 Å². The molecule has 0 aromatic heterocycles. The Balaban J connectivity index is 1.63. The van der Waals surface area contributed by atoms with Crippen molar-refractivity contribution in [3.63, 3.8) is 0 Å². The Hall–Kier alpha value is -1.59. The Labute approximate surface area is 224 Å². The lowest BCUT2D eigenvalue weighted by molar-refractivity contribution is -0.204. The Morgan fingerprint density at radius 2 is 1.73 bits per heavy atom. The van der Waals surface area contributed by atoms with E-state index in [1.807, 2.05) is 0 Å². The second-order valence-corrected chi connectivity index (χ2v) is 14.0. The molecule has 37 heavy (non-hydrogen) atoms. The molecule has 0 saturated heterocycles. The van der Waals surface area contributed by atoms with Crippen LogP contribution in [0.5, 0.6) is 0 Å². The Morgan fingerprint density at radius 3 is 2.35 bits per heavy atom. The van der Waals surface area contributed by atoms with Gasteiger partial charge in [-0.1, -0.05) is 59.0 Å². The third-order valence-electron chi connectivity index (χ3n) is 11.5. The maximum atomic E-state index is 12.5. The van der Waals surface area contributed by atoms with Crippen LogP contribution in [0.1, 0.15) is 119 Å². The molecule has 0 spiro atoms. The van der Waals surface area contributed by atoms with Crippen molar-refractivity contribution in [2.24, 2.45) is 51.5 Å². The van der Waals surface area contributed by atoms with Gasteiger partial charge in [0.1, 0.15) is 11.8 Å². The molecule has 4 aliphatic carbocycles. The summed E-state index contributed by atoms with van der Waals surface area (Å²) in [6.07, 6.45) is 11.0. The van der Waals surface area contributed by atoms with Crippen molar-refractivity contribution in [2.75, 3.05) is 0 Å². The van der Waals surface area contributed by atoms with Crippen LogP contribution >= 0.6 is 0 Å². The van der Waals surface area contributed by atoms with Gasteiger partial charge in [0, 0.05) is 25.7 Å². The lowest BCUT2D eigenvalue weighted by atomic mass is 9.42. The second-order valence-electron chi connectivity index (χ2n) is 14.0. The van der Waals surface area contributed by atoms with Gasteiger partial charge in [-0.05, 0) is 85.9 Å². The van der Waals surface area contributed by atoms with Crippen molar-refractivity contribution in [3.05, 3.63) is 0 Å². The van der Waals surface area contributed by atoms with Crippen LogP contribution in [0.15, 0.2) is 5.16 Å². The van der Waals surface area contributed by atoms with Gasteiger partial charge in [-0.25, -0.2) is 0 Å². The predicted octanol–water partition coefficient (Wildman–Crippen LogP) is 7.17. The van der Waals surface area contributed by atoms with Gasteiger partial charge in [0.05, 0.1) is 0 Å². The number of nitrogens with zero attached hydrogens (tertiary/aromatic N) is 1. The van der Waals surface area contributed by atoms with Gasteiger partial charge < -0.3 is 14.7 Å². The highest BCUT2D eigenvalue weighted by atomic mass is 16.6. The molecule has 0 aromatic rings. The van der Waals surface area contributed by atoms with Crippen LogP contribution in [-0.4, -0.2) is 34.6 Å².